The minimum absolute atomic E-state index is 0.000173. The summed E-state index contributed by atoms with van der Waals surface area (Å²) in [5, 5.41) is 6.33. The standard InChI is InChI=1S/C19H23N3OS/c1-13-9-18(24-12-13)19(23)20-10-17(21(2)3)15-11-22(4)16-8-6-5-7-14(15)16/h5-9,11-12,17H,10H2,1-4H3,(H,20,23). The van der Waals surface area contributed by atoms with Crippen LogP contribution in [0.1, 0.15) is 26.8 Å². The van der Waals surface area contributed by atoms with Crippen molar-refractivity contribution in [3.63, 3.8) is 0 Å². The molecule has 0 aliphatic heterocycles. The van der Waals surface area contributed by atoms with Gasteiger partial charge >= 0.3 is 0 Å². The molecule has 0 aliphatic rings. The van der Waals surface area contributed by atoms with E-state index in [0.29, 0.717) is 6.54 Å². The van der Waals surface area contributed by atoms with Gasteiger partial charge in [0, 0.05) is 30.7 Å². The van der Waals surface area contributed by atoms with Gasteiger partial charge in [-0.25, -0.2) is 0 Å². The summed E-state index contributed by atoms with van der Waals surface area (Å²) in [5.41, 5.74) is 3.57. The first-order valence-electron chi connectivity index (χ1n) is 8.01. The van der Waals surface area contributed by atoms with E-state index in [2.05, 4.69) is 52.3 Å². The van der Waals surface area contributed by atoms with Gasteiger partial charge in [0.15, 0.2) is 0 Å². The topological polar surface area (TPSA) is 37.3 Å². The van der Waals surface area contributed by atoms with Crippen LogP contribution in [0.4, 0.5) is 0 Å². The number of carbonyl (C=O) groups is 1. The second-order valence-corrected chi connectivity index (χ2v) is 7.30. The summed E-state index contributed by atoms with van der Waals surface area (Å²) in [6.45, 7) is 2.59. The minimum atomic E-state index is 0.000173. The highest BCUT2D eigenvalue weighted by molar-refractivity contribution is 7.12. The Kier molecular flexibility index (Phi) is 4.73. The number of hydrogen-bond donors (Lipinski definition) is 1. The molecular weight excluding hydrogens is 318 g/mol. The summed E-state index contributed by atoms with van der Waals surface area (Å²) in [6, 6.07) is 10.4. The molecule has 0 fully saturated rings. The fourth-order valence-corrected chi connectivity index (χ4v) is 3.85. The molecule has 0 spiro atoms. The SMILES string of the molecule is Cc1csc(C(=O)NCC(c2cn(C)c3ccccc23)N(C)C)c1. The number of aryl methyl sites for hydroxylation is 2. The van der Waals surface area contributed by atoms with E-state index in [4.69, 9.17) is 0 Å². The van der Waals surface area contributed by atoms with Crippen LogP contribution in [0.15, 0.2) is 41.9 Å². The van der Waals surface area contributed by atoms with Crippen molar-refractivity contribution >= 4 is 28.1 Å². The van der Waals surface area contributed by atoms with Crippen molar-refractivity contribution in [3.05, 3.63) is 57.9 Å². The summed E-state index contributed by atoms with van der Waals surface area (Å²) < 4.78 is 2.14. The number of hydrogen-bond acceptors (Lipinski definition) is 3. The third kappa shape index (κ3) is 3.23. The molecule has 2 aromatic heterocycles. The van der Waals surface area contributed by atoms with Crippen molar-refractivity contribution in [3.8, 4) is 0 Å². The van der Waals surface area contributed by atoms with Crippen LogP contribution < -0.4 is 5.32 Å². The van der Waals surface area contributed by atoms with E-state index in [-0.39, 0.29) is 11.9 Å². The summed E-state index contributed by atoms with van der Waals surface area (Å²) in [4.78, 5) is 15.3. The van der Waals surface area contributed by atoms with Crippen molar-refractivity contribution in [2.75, 3.05) is 20.6 Å². The zero-order valence-electron chi connectivity index (χ0n) is 14.5. The van der Waals surface area contributed by atoms with E-state index in [1.165, 1.54) is 27.8 Å². The molecule has 126 valence electrons. The van der Waals surface area contributed by atoms with Gasteiger partial charge in [-0.15, -0.1) is 11.3 Å². The van der Waals surface area contributed by atoms with Gasteiger partial charge in [-0.2, -0.15) is 0 Å². The highest BCUT2D eigenvalue weighted by Gasteiger charge is 2.20. The third-order valence-corrected chi connectivity index (χ3v) is 5.37. The predicted molar refractivity (Wildman–Crippen MR) is 101 cm³/mol. The Morgan fingerprint density at radius 2 is 2.08 bits per heavy atom. The maximum absolute atomic E-state index is 12.4. The van der Waals surface area contributed by atoms with Crippen LogP contribution in [0.5, 0.6) is 0 Å². The monoisotopic (exact) mass is 341 g/mol. The maximum Gasteiger partial charge on any atom is 0.261 e. The van der Waals surface area contributed by atoms with Gasteiger partial charge in [0.1, 0.15) is 0 Å². The largest absolute Gasteiger partial charge is 0.350 e. The van der Waals surface area contributed by atoms with Crippen molar-refractivity contribution in [1.82, 2.24) is 14.8 Å². The van der Waals surface area contributed by atoms with E-state index in [0.717, 1.165) is 10.4 Å². The smallest absolute Gasteiger partial charge is 0.261 e. The number of rotatable bonds is 5. The van der Waals surface area contributed by atoms with E-state index in [9.17, 15) is 4.79 Å². The molecule has 0 saturated carbocycles. The first-order chi connectivity index (χ1) is 11.5. The van der Waals surface area contributed by atoms with Gasteiger partial charge in [-0.1, -0.05) is 18.2 Å². The fraction of sp³-hybridized carbons (Fsp3) is 0.316. The van der Waals surface area contributed by atoms with Crippen LogP contribution in [0.25, 0.3) is 10.9 Å². The van der Waals surface area contributed by atoms with Crippen molar-refractivity contribution in [2.24, 2.45) is 7.05 Å². The highest BCUT2D eigenvalue weighted by Crippen LogP contribution is 2.28. The number of para-hydroxylation sites is 1. The second kappa shape index (κ2) is 6.79. The van der Waals surface area contributed by atoms with E-state index < -0.39 is 0 Å². The Morgan fingerprint density at radius 1 is 1.33 bits per heavy atom. The molecule has 0 bridgehead atoms. The van der Waals surface area contributed by atoms with Crippen molar-refractivity contribution in [2.45, 2.75) is 13.0 Å². The number of thiophene rings is 1. The lowest BCUT2D eigenvalue weighted by Gasteiger charge is -2.24. The Labute approximate surface area is 146 Å². The molecule has 1 aromatic carbocycles. The molecular formula is C19H23N3OS. The molecule has 1 amide bonds. The maximum atomic E-state index is 12.4. The first-order valence-corrected chi connectivity index (χ1v) is 8.89. The summed E-state index contributed by atoms with van der Waals surface area (Å²) in [5.74, 6) is 0.000173. The molecule has 3 rings (SSSR count). The number of likely N-dealkylation sites (N-methyl/N-ethyl adjacent to an activating group) is 1. The van der Waals surface area contributed by atoms with Crippen LogP contribution in [0, 0.1) is 6.92 Å². The summed E-state index contributed by atoms with van der Waals surface area (Å²) in [6.07, 6.45) is 2.16. The molecule has 1 unspecified atom stereocenters. The minimum Gasteiger partial charge on any atom is -0.350 e. The lowest BCUT2D eigenvalue weighted by molar-refractivity contribution is 0.0946. The number of fused-ring (bicyclic) bond motifs is 1. The van der Waals surface area contributed by atoms with Gasteiger partial charge in [0.05, 0.1) is 10.9 Å². The van der Waals surface area contributed by atoms with Crippen LogP contribution in [-0.2, 0) is 7.05 Å². The zero-order valence-corrected chi connectivity index (χ0v) is 15.4. The summed E-state index contributed by atoms with van der Waals surface area (Å²) in [7, 11) is 6.16. The third-order valence-electron chi connectivity index (χ3n) is 4.32. The summed E-state index contributed by atoms with van der Waals surface area (Å²) >= 11 is 1.49. The number of nitrogens with zero attached hydrogens (tertiary/aromatic N) is 2. The fourth-order valence-electron chi connectivity index (χ4n) is 3.04. The van der Waals surface area contributed by atoms with E-state index in [1.54, 1.807) is 0 Å². The normalized spacial score (nSPS) is 12.7. The number of carbonyl (C=O) groups excluding carboxylic acids is 1. The zero-order chi connectivity index (χ0) is 17.3. The van der Waals surface area contributed by atoms with Crippen molar-refractivity contribution in [1.29, 1.82) is 0 Å². The number of amides is 1. The number of nitrogens with one attached hydrogen (secondary N) is 1. The number of aromatic nitrogens is 1. The van der Waals surface area contributed by atoms with Crippen LogP contribution in [-0.4, -0.2) is 36.0 Å². The predicted octanol–water partition coefficient (Wildman–Crippen LogP) is 3.58. The van der Waals surface area contributed by atoms with Crippen LogP contribution >= 0.6 is 11.3 Å². The van der Waals surface area contributed by atoms with Crippen LogP contribution in [0.2, 0.25) is 0 Å². The number of benzene rings is 1. The Hall–Kier alpha value is -2.11. The molecule has 3 aromatic rings. The van der Waals surface area contributed by atoms with Crippen molar-refractivity contribution < 1.29 is 4.79 Å². The lowest BCUT2D eigenvalue weighted by Crippen LogP contribution is -2.34. The Morgan fingerprint density at radius 3 is 2.75 bits per heavy atom. The van der Waals surface area contributed by atoms with Gasteiger partial charge in [0.2, 0.25) is 0 Å². The molecule has 4 nitrogen and oxygen atoms in total. The second-order valence-electron chi connectivity index (χ2n) is 6.39. The Bertz CT molecular complexity index is 863. The average Bonchev–Trinajstić information content (AvgIpc) is 3.12. The van der Waals surface area contributed by atoms with Gasteiger partial charge in [-0.05, 0) is 49.7 Å². The molecule has 2 heterocycles. The quantitative estimate of drug-likeness (QED) is 0.770. The highest BCUT2D eigenvalue weighted by atomic mass is 32.1. The molecule has 24 heavy (non-hydrogen) atoms. The molecule has 0 saturated heterocycles. The molecule has 1 N–H and O–H groups in total. The van der Waals surface area contributed by atoms with Gasteiger partial charge in [0.25, 0.3) is 5.91 Å². The molecule has 5 heteroatoms. The molecule has 0 aliphatic carbocycles. The molecule has 0 radical (unpaired) electrons. The van der Waals surface area contributed by atoms with E-state index in [1.807, 2.05) is 32.5 Å². The van der Waals surface area contributed by atoms with Crippen LogP contribution in [0.3, 0.4) is 0 Å². The van der Waals surface area contributed by atoms with Gasteiger partial charge < -0.3 is 14.8 Å². The Balaban J connectivity index is 1.83. The average molecular weight is 341 g/mol. The van der Waals surface area contributed by atoms with E-state index >= 15 is 0 Å². The molecule has 1 atom stereocenters. The first kappa shape index (κ1) is 16.7. The lowest BCUT2D eigenvalue weighted by atomic mass is 10.0. The van der Waals surface area contributed by atoms with Gasteiger partial charge in [-0.3, -0.25) is 4.79 Å².